The van der Waals surface area contributed by atoms with Crippen LogP contribution in [-0.4, -0.2) is 9.78 Å². The van der Waals surface area contributed by atoms with Gasteiger partial charge in [-0.3, -0.25) is 5.41 Å². The SMILES string of the molecule is N=c1sc(C(F)(F)F)nn1-c1c(F)c(F)c(F)c(F)c1F. The Morgan fingerprint density at radius 2 is 1.29 bits per heavy atom. The summed E-state index contributed by atoms with van der Waals surface area (Å²) in [6.07, 6.45) is -5.03. The molecule has 0 saturated carbocycles. The standard InChI is InChI=1S/C9HF8N3S/c10-1-2(11)4(13)6(5(14)3(1)12)20-8(18)21-7(19-20)9(15,16)17/h18H. The number of nitrogens with one attached hydrogen (secondary N) is 1. The molecule has 0 atom stereocenters. The molecule has 0 unspecified atom stereocenters. The molecule has 0 spiro atoms. The van der Waals surface area contributed by atoms with Gasteiger partial charge in [-0.2, -0.15) is 17.9 Å². The van der Waals surface area contributed by atoms with Crippen molar-refractivity contribution in [3.63, 3.8) is 0 Å². The minimum absolute atomic E-state index is 0.302. The highest BCUT2D eigenvalue weighted by Crippen LogP contribution is 2.31. The lowest BCUT2D eigenvalue weighted by atomic mass is 10.2. The molecule has 2 rings (SSSR count). The molecule has 1 aromatic heterocycles. The first-order valence-corrected chi connectivity index (χ1v) is 5.61. The Balaban J connectivity index is 2.81. The number of benzene rings is 1. The molecule has 0 aliphatic rings. The van der Waals surface area contributed by atoms with E-state index in [4.69, 9.17) is 5.41 Å². The molecule has 114 valence electrons. The summed E-state index contributed by atoms with van der Waals surface area (Å²) in [4.78, 5) is -1.16. The van der Waals surface area contributed by atoms with Crippen LogP contribution in [0.5, 0.6) is 0 Å². The average molecular weight is 335 g/mol. The molecule has 1 N–H and O–H groups in total. The molecule has 0 fully saturated rings. The van der Waals surface area contributed by atoms with E-state index in [9.17, 15) is 35.1 Å². The Kier molecular flexibility index (Phi) is 3.51. The largest absolute Gasteiger partial charge is 0.445 e. The third kappa shape index (κ3) is 2.39. The van der Waals surface area contributed by atoms with Crippen molar-refractivity contribution in [1.82, 2.24) is 9.78 Å². The van der Waals surface area contributed by atoms with E-state index in [0.29, 0.717) is 0 Å². The van der Waals surface area contributed by atoms with Crippen LogP contribution < -0.4 is 4.80 Å². The molecule has 2 aromatic rings. The fourth-order valence-electron chi connectivity index (χ4n) is 1.34. The minimum atomic E-state index is -5.03. The third-order valence-corrected chi connectivity index (χ3v) is 3.09. The van der Waals surface area contributed by atoms with Gasteiger partial charge in [-0.05, 0) is 0 Å². The lowest BCUT2D eigenvalue weighted by molar-refractivity contribution is -0.138. The Hall–Kier alpha value is -1.98. The van der Waals surface area contributed by atoms with Crippen LogP contribution in [-0.2, 0) is 6.18 Å². The molecule has 1 aromatic carbocycles. The Bertz CT molecular complexity index is 746. The first-order chi connectivity index (χ1) is 9.55. The molecular formula is C9HF8N3S. The van der Waals surface area contributed by atoms with E-state index < -0.39 is 50.8 Å². The number of halogens is 8. The van der Waals surface area contributed by atoms with Gasteiger partial charge in [0.05, 0.1) is 0 Å². The summed E-state index contributed by atoms with van der Waals surface area (Å²) >= 11 is -0.329. The van der Waals surface area contributed by atoms with Crippen LogP contribution in [0.3, 0.4) is 0 Å². The van der Waals surface area contributed by atoms with E-state index in [2.05, 4.69) is 5.10 Å². The van der Waals surface area contributed by atoms with Gasteiger partial charge in [0.1, 0.15) is 5.69 Å². The Morgan fingerprint density at radius 3 is 1.67 bits per heavy atom. The van der Waals surface area contributed by atoms with Gasteiger partial charge in [0.2, 0.25) is 15.6 Å². The van der Waals surface area contributed by atoms with Gasteiger partial charge in [-0.1, -0.05) is 11.3 Å². The van der Waals surface area contributed by atoms with Crippen molar-refractivity contribution in [2.24, 2.45) is 0 Å². The zero-order valence-corrected chi connectivity index (χ0v) is 10.1. The van der Waals surface area contributed by atoms with E-state index in [-0.39, 0.29) is 16.0 Å². The van der Waals surface area contributed by atoms with Crippen LogP contribution in [0.4, 0.5) is 35.1 Å². The maximum absolute atomic E-state index is 13.4. The quantitative estimate of drug-likeness (QED) is 0.486. The second-order valence-corrected chi connectivity index (χ2v) is 4.52. The number of aromatic nitrogens is 2. The molecule has 0 saturated heterocycles. The van der Waals surface area contributed by atoms with Crippen molar-refractivity contribution in [2.75, 3.05) is 0 Å². The summed E-state index contributed by atoms with van der Waals surface area (Å²) < 4.78 is 102. The van der Waals surface area contributed by atoms with Crippen LogP contribution in [0.2, 0.25) is 0 Å². The summed E-state index contributed by atoms with van der Waals surface area (Å²) in [7, 11) is 0. The maximum atomic E-state index is 13.4. The highest BCUT2D eigenvalue weighted by Gasteiger charge is 2.37. The molecule has 0 radical (unpaired) electrons. The van der Waals surface area contributed by atoms with E-state index in [1.54, 1.807) is 0 Å². The summed E-state index contributed by atoms with van der Waals surface area (Å²) in [5, 5.41) is 8.15. The molecule has 3 nitrogen and oxygen atoms in total. The van der Waals surface area contributed by atoms with Gasteiger partial charge in [0, 0.05) is 0 Å². The normalized spacial score (nSPS) is 12.0. The molecule has 21 heavy (non-hydrogen) atoms. The second-order valence-electron chi connectivity index (χ2n) is 3.54. The lowest BCUT2D eigenvalue weighted by Gasteiger charge is -2.07. The van der Waals surface area contributed by atoms with Gasteiger partial charge < -0.3 is 0 Å². The first-order valence-electron chi connectivity index (χ1n) is 4.79. The Labute approximate surface area is 113 Å². The summed E-state index contributed by atoms with van der Waals surface area (Å²) in [6, 6.07) is 0. The van der Waals surface area contributed by atoms with Crippen molar-refractivity contribution >= 4 is 11.3 Å². The molecule has 0 aliphatic heterocycles. The van der Waals surface area contributed by atoms with Gasteiger partial charge in [-0.25, -0.2) is 22.0 Å². The van der Waals surface area contributed by atoms with Crippen molar-refractivity contribution in [3.8, 4) is 5.69 Å². The van der Waals surface area contributed by atoms with E-state index in [1.807, 2.05) is 0 Å². The smallest absolute Gasteiger partial charge is 0.273 e. The number of hydrogen-bond donors (Lipinski definition) is 1. The van der Waals surface area contributed by atoms with Gasteiger partial charge in [0.15, 0.2) is 23.3 Å². The number of hydrogen-bond acceptors (Lipinski definition) is 3. The summed E-state index contributed by atoms with van der Waals surface area (Å²) in [5.41, 5.74) is -1.75. The van der Waals surface area contributed by atoms with Crippen LogP contribution in [0, 0.1) is 34.5 Å². The summed E-state index contributed by atoms with van der Waals surface area (Å²) in [6.45, 7) is 0. The molecule has 12 heteroatoms. The highest BCUT2D eigenvalue weighted by molar-refractivity contribution is 7.08. The van der Waals surface area contributed by atoms with Gasteiger partial charge in [-0.15, -0.1) is 5.10 Å². The second kappa shape index (κ2) is 4.79. The van der Waals surface area contributed by atoms with Crippen LogP contribution in [0.1, 0.15) is 5.01 Å². The summed E-state index contributed by atoms with van der Waals surface area (Å²) in [5.74, 6) is -11.9. The molecule has 0 amide bonds. The predicted molar refractivity (Wildman–Crippen MR) is 52.1 cm³/mol. The van der Waals surface area contributed by atoms with Crippen molar-refractivity contribution in [3.05, 3.63) is 38.9 Å². The van der Waals surface area contributed by atoms with E-state index >= 15 is 0 Å². The van der Waals surface area contributed by atoms with Gasteiger partial charge in [0.25, 0.3) is 0 Å². The minimum Gasteiger partial charge on any atom is -0.273 e. The maximum Gasteiger partial charge on any atom is 0.445 e. The molecule has 0 aliphatic carbocycles. The topological polar surface area (TPSA) is 41.7 Å². The molecule has 1 heterocycles. The molecular weight excluding hydrogens is 334 g/mol. The number of alkyl halides is 3. The van der Waals surface area contributed by atoms with Crippen molar-refractivity contribution in [2.45, 2.75) is 6.18 Å². The lowest BCUT2D eigenvalue weighted by Crippen LogP contribution is -2.19. The monoisotopic (exact) mass is 335 g/mol. The van der Waals surface area contributed by atoms with Crippen molar-refractivity contribution < 1.29 is 35.1 Å². The Morgan fingerprint density at radius 1 is 0.857 bits per heavy atom. The van der Waals surface area contributed by atoms with Crippen LogP contribution in [0.15, 0.2) is 0 Å². The van der Waals surface area contributed by atoms with Crippen LogP contribution in [0.25, 0.3) is 5.69 Å². The molecule has 0 bridgehead atoms. The van der Waals surface area contributed by atoms with E-state index in [1.165, 1.54) is 0 Å². The predicted octanol–water partition coefficient (Wildman–Crippen LogP) is 3.13. The van der Waals surface area contributed by atoms with Gasteiger partial charge >= 0.3 is 6.18 Å². The van der Waals surface area contributed by atoms with Crippen LogP contribution >= 0.6 is 11.3 Å². The third-order valence-electron chi connectivity index (χ3n) is 2.22. The first kappa shape index (κ1) is 15.4. The number of rotatable bonds is 1. The fourth-order valence-corrected chi connectivity index (χ4v) is 1.98. The highest BCUT2D eigenvalue weighted by atomic mass is 32.1. The number of nitrogens with zero attached hydrogens (tertiary/aromatic N) is 2. The van der Waals surface area contributed by atoms with Crippen molar-refractivity contribution in [1.29, 1.82) is 5.41 Å². The van der Waals surface area contributed by atoms with E-state index in [0.717, 1.165) is 0 Å². The zero-order valence-electron chi connectivity index (χ0n) is 9.33. The fraction of sp³-hybridized carbons (Fsp3) is 0.111. The zero-order chi connectivity index (χ0) is 16.1. The average Bonchev–Trinajstić information content (AvgIpc) is 2.77.